The van der Waals surface area contributed by atoms with Crippen LogP contribution in [0.4, 0.5) is 0 Å². The van der Waals surface area contributed by atoms with Gasteiger partial charge in [-0.25, -0.2) is 9.98 Å². The van der Waals surface area contributed by atoms with Crippen LogP contribution >= 0.6 is 0 Å². The first-order valence-corrected chi connectivity index (χ1v) is 8.52. The lowest BCUT2D eigenvalue weighted by atomic mass is 10.1. The van der Waals surface area contributed by atoms with Crippen LogP contribution in [-0.2, 0) is 13.1 Å². The van der Waals surface area contributed by atoms with Crippen molar-refractivity contribution in [1.82, 2.24) is 10.6 Å². The van der Waals surface area contributed by atoms with Gasteiger partial charge in [0, 0.05) is 13.1 Å². The normalized spacial score (nSPS) is 12.8. The summed E-state index contributed by atoms with van der Waals surface area (Å²) in [6, 6.07) is 8.17. The number of guanidine groups is 2. The van der Waals surface area contributed by atoms with Gasteiger partial charge in [-0.1, -0.05) is 52.0 Å². The summed E-state index contributed by atoms with van der Waals surface area (Å²) in [5.41, 5.74) is 13.9. The molecule has 1 rings (SSSR count). The molecule has 0 spiro atoms. The molecule has 0 aliphatic rings. The fourth-order valence-electron chi connectivity index (χ4n) is 1.83. The van der Waals surface area contributed by atoms with Gasteiger partial charge in [0.05, 0.1) is 13.1 Å². The number of aliphatic imine (C=N–C) groups is 2. The van der Waals surface area contributed by atoms with Crippen molar-refractivity contribution in [3.05, 3.63) is 35.4 Å². The fourth-order valence-corrected chi connectivity index (χ4v) is 1.83. The Morgan fingerprint density at radius 1 is 0.792 bits per heavy atom. The highest BCUT2D eigenvalue weighted by Crippen LogP contribution is 2.07. The van der Waals surface area contributed by atoms with Crippen molar-refractivity contribution < 1.29 is 0 Å². The minimum atomic E-state index is 0.487. The molecule has 0 heterocycles. The maximum Gasteiger partial charge on any atom is 0.188 e. The van der Waals surface area contributed by atoms with Crippen LogP contribution in [0, 0.1) is 11.8 Å². The summed E-state index contributed by atoms with van der Waals surface area (Å²) in [7, 11) is 0. The van der Waals surface area contributed by atoms with Crippen LogP contribution in [0.5, 0.6) is 0 Å². The van der Waals surface area contributed by atoms with Gasteiger partial charge in [-0.2, -0.15) is 0 Å². The minimum absolute atomic E-state index is 0.487. The molecule has 0 aliphatic carbocycles. The van der Waals surface area contributed by atoms with E-state index in [0.29, 0.717) is 36.8 Å². The van der Waals surface area contributed by atoms with Crippen molar-refractivity contribution in [3.8, 4) is 0 Å². The summed E-state index contributed by atoms with van der Waals surface area (Å²) < 4.78 is 0. The molecule has 0 aromatic heterocycles. The molecule has 0 saturated heterocycles. The fraction of sp³-hybridized carbons (Fsp3) is 0.556. The highest BCUT2D eigenvalue weighted by molar-refractivity contribution is 5.78. The number of benzene rings is 1. The first-order chi connectivity index (χ1) is 11.4. The summed E-state index contributed by atoms with van der Waals surface area (Å²) in [5.74, 6) is 2.06. The lowest BCUT2D eigenvalue weighted by Crippen LogP contribution is -2.34. The topological polar surface area (TPSA) is 101 Å². The predicted octanol–water partition coefficient (Wildman–Crippen LogP) is 1.81. The number of nitrogens with zero attached hydrogens (tertiary/aromatic N) is 2. The molecule has 6 N–H and O–H groups in total. The number of hydrogen-bond donors (Lipinski definition) is 4. The number of nitrogens with two attached hydrogens (primary N) is 2. The SMILES string of the molecule is CC(C)CNC(N)=NCc1ccc(CN=C(N)NCC(C)C)cc1. The zero-order valence-electron chi connectivity index (χ0n) is 15.3. The largest absolute Gasteiger partial charge is 0.370 e. The standard InChI is InChI=1S/C18H32N6/c1-13(2)9-21-17(19)23-11-15-5-7-16(8-6-15)12-24-18(20)22-10-14(3)4/h5-8,13-14H,9-12H2,1-4H3,(H3,19,21,23)(H3,20,22,24). The molecule has 134 valence electrons. The van der Waals surface area contributed by atoms with E-state index in [-0.39, 0.29) is 0 Å². The summed E-state index contributed by atoms with van der Waals surface area (Å²) in [6.45, 7) is 11.3. The molecule has 0 amide bonds. The zero-order chi connectivity index (χ0) is 17.9. The third-order valence-electron chi connectivity index (χ3n) is 3.27. The quantitative estimate of drug-likeness (QED) is 0.431. The van der Waals surface area contributed by atoms with Crippen LogP contribution < -0.4 is 22.1 Å². The van der Waals surface area contributed by atoms with Gasteiger partial charge >= 0.3 is 0 Å². The van der Waals surface area contributed by atoms with E-state index in [0.717, 1.165) is 24.2 Å². The molecule has 0 fully saturated rings. The molecule has 6 nitrogen and oxygen atoms in total. The Balaban J connectivity index is 2.45. The van der Waals surface area contributed by atoms with Gasteiger partial charge < -0.3 is 22.1 Å². The molecule has 1 aromatic rings. The van der Waals surface area contributed by atoms with Crippen molar-refractivity contribution in [1.29, 1.82) is 0 Å². The monoisotopic (exact) mass is 332 g/mol. The number of nitrogens with one attached hydrogen (secondary N) is 2. The highest BCUT2D eigenvalue weighted by atomic mass is 15.1. The average Bonchev–Trinajstić information content (AvgIpc) is 2.55. The van der Waals surface area contributed by atoms with Crippen molar-refractivity contribution in [2.24, 2.45) is 33.3 Å². The zero-order valence-corrected chi connectivity index (χ0v) is 15.3. The van der Waals surface area contributed by atoms with Gasteiger partial charge in [-0.15, -0.1) is 0 Å². The molecule has 1 aromatic carbocycles. The Hall–Kier alpha value is -2.24. The van der Waals surface area contributed by atoms with Crippen LogP contribution in [0.1, 0.15) is 38.8 Å². The van der Waals surface area contributed by atoms with E-state index in [2.05, 4.69) is 48.3 Å². The van der Waals surface area contributed by atoms with Crippen LogP contribution in [-0.4, -0.2) is 25.0 Å². The molecule has 0 aliphatic heterocycles. The first kappa shape index (κ1) is 19.8. The van der Waals surface area contributed by atoms with E-state index in [1.807, 2.05) is 24.3 Å². The third kappa shape index (κ3) is 9.02. The van der Waals surface area contributed by atoms with Crippen LogP contribution in [0.25, 0.3) is 0 Å². The van der Waals surface area contributed by atoms with Gasteiger partial charge in [0.15, 0.2) is 11.9 Å². The molecular formula is C18H32N6. The summed E-state index contributed by atoms with van der Waals surface area (Å²) >= 11 is 0. The Labute approximate surface area is 145 Å². The van der Waals surface area contributed by atoms with Crippen molar-refractivity contribution in [2.75, 3.05) is 13.1 Å². The maximum absolute atomic E-state index is 5.83. The molecule has 0 radical (unpaired) electrons. The second kappa shape index (κ2) is 10.5. The molecule has 0 saturated carbocycles. The van der Waals surface area contributed by atoms with Crippen LogP contribution in [0.2, 0.25) is 0 Å². The third-order valence-corrected chi connectivity index (χ3v) is 3.27. The molecule has 0 bridgehead atoms. The minimum Gasteiger partial charge on any atom is -0.370 e. The van der Waals surface area contributed by atoms with Crippen molar-refractivity contribution >= 4 is 11.9 Å². The second-order valence-corrected chi connectivity index (χ2v) is 6.77. The van der Waals surface area contributed by atoms with E-state index in [1.54, 1.807) is 0 Å². The van der Waals surface area contributed by atoms with Gasteiger partial charge in [-0.05, 0) is 23.0 Å². The Morgan fingerprint density at radius 2 is 1.12 bits per heavy atom. The number of rotatable bonds is 8. The number of hydrogen-bond acceptors (Lipinski definition) is 2. The highest BCUT2D eigenvalue weighted by Gasteiger charge is 1.98. The Kier molecular flexibility index (Phi) is 8.68. The molecule has 0 unspecified atom stereocenters. The lowest BCUT2D eigenvalue weighted by molar-refractivity contribution is 0.621. The van der Waals surface area contributed by atoms with Crippen molar-refractivity contribution in [3.63, 3.8) is 0 Å². The van der Waals surface area contributed by atoms with Gasteiger partial charge in [0.1, 0.15) is 0 Å². The summed E-state index contributed by atoms with van der Waals surface area (Å²) in [6.07, 6.45) is 0. The van der Waals surface area contributed by atoms with Crippen LogP contribution in [0.3, 0.4) is 0 Å². The Bertz CT molecular complexity index is 482. The lowest BCUT2D eigenvalue weighted by Gasteiger charge is -2.08. The van der Waals surface area contributed by atoms with Gasteiger partial charge in [0.25, 0.3) is 0 Å². The second-order valence-electron chi connectivity index (χ2n) is 6.77. The van der Waals surface area contributed by atoms with Crippen LogP contribution in [0.15, 0.2) is 34.3 Å². The Morgan fingerprint density at radius 3 is 1.42 bits per heavy atom. The summed E-state index contributed by atoms with van der Waals surface area (Å²) in [5, 5.41) is 6.21. The molecule has 6 heteroatoms. The van der Waals surface area contributed by atoms with E-state index < -0.39 is 0 Å². The smallest absolute Gasteiger partial charge is 0.188 e. The molecular weight excluding hydrogens is 300 g/mol. The van der Waals surface area contributed by atoms with Gasteiger partial charge in [0.2, 0.25) is 0 Å². The average molecular weight is 332 g/mol. The van der Waals surface area contributed by atoms with E-state index in [4.69, 9.17) is 11.5 Å². The van der Waals surface area contributed by atoms with Crippen molar-refractivity contribution in [2.45, 2.75) is 40.8 Å². The first-order valence-electron chi connectivity index (χ1n) is 8.52. The van der Waals surface area contributed by atoms with E-state index >= 15 is 0 Å². The summed E-state index contributed by atoms with van der Waals surface area (Å²) in [4.78, 5) is 8.67. The molecule has 24 heavy (non-hydrogen) atoms. The van der Waals surface area contributed by atoms with E-state index in [9.17, 15) is 0 Å². The molecule has 0 atom stereocenters. The predicted molar refractivity (Wildman–Crippen MR) is 103 cm³/mol. The van der Waals surface area contributed by atoms with Gasteiger partial charge in [-0.3, -0.25) is 0 Å². The maximum atomic E-state index is 5.83. The van der Waals surface area contributed by atoms with E-state index in [1.165, 1.54) is 0 Å².